The fourth-order valence-corrected chi connectivity index (χ4v) is 1.70. The number of nitrogens with one attached hydrogen (secondary N) is 1. The van der Waals surface area contributed by atoms with Gasteiger partial charge >= 0.3 is 0 Å². The summed E-state index contributed by atoms with van der Waals surface area (Å²) in [7, 11) is 0. The monoisotopic (exact) mass is 221 g/mol. The van der Waals surface area contributed by atoms with Gasteiger partial charge in [0.15, 0.2) is 0 Å². The summed E-state index contributed by atoms with van der Waals surface area (Å²) in [5, 5.41) is 3.44. The number of pyridine rings is 1. The lowest BCUT2D eigenvalue weighted by molar-refractivity contribution is 0.298. The minimum atomic E-state index is 0.923. The summed E-state index contributed by atoms with van der Waals surface area (Å²) in [4.78, 5) is 6.54. The molecule has 1 N–H and O–H groups in total. The number of rotatable bonds is 8. The smallest absolute Gasteiger partial charge is 0.0312 e. The molecule has 1 aromatic heterocycles. The summed E-state index contributed by atoms with van der Waals surface area (Å²) in [6.07, 6.45) is 4.93. The van der Waals surface area contributed by atoms with E-state index in [2.05, 4.69) is 35.1 Å². The number of nitrogens with zero attached hydrogens (tertiary/aromatic N) is 2. The van der Waals surface area contributed by atoms with Crippen LogP contribution >= 0.6 is 0 Å². The Bertz CT molecular complexity index is 257. The maximum Gasteiger partial charge on any atom is 0.0312 e. The SMILES string of the molecule is CCN(CC)CCCNCc1cccnc1. The second-order valence-electron chi connectivity index (χ2n) is 3.92. The molecule has 0 aliphatic heterocycles. The van der Waals surface area contributed by atoms with Crippen molar-refractivity contribution in [1.82, 2.24) is 15.2 Å². The van der Waals surface area contributed by atoms with E-state index in [1.54, 1.807) is 0 Å². The van der Waals surface area contributed by atoms with Crippen molar-refractivity contribution < 1.29 is 0 Å². The topological polar surface area (TPSA) is 28.2 Å². The molecular formula is C13H23N3. The zero-order valence-corrected chi connectivity index (χ0v) is 10.4. The van der Waals surface area contributed by atoms with Gasteiger partial charge in [-0.15, -0.1) is 0 Å². The van der Waals surface area contributed by atoms with Crippen molar-refractivity contribution in [2.24, 2.45) is 0 Å². The molecule has 90 valence electrons. The summed E-state index contributed by atoms with van der Waals surface area (Å²) in [6, 6.07) is 4.08. The lowest BCUT2D eigenvalue weighted by atomic mass is 10.3. The Labute approximate surface area is 98.9 Å². The molecule has 1 aromatic rings. The zero-order valence-electron chi connectivity index (χ0n) is 10.4. The highest BCUT2D eigenvalue weighted by Gasteiger charge is 1.97. The summed E-state index contributed by atoms with van der Waals surface area (Å²) in [5.41, 5.74) is 1.25. The molecule has 0 aromatic carbocycles. The highest BCUT2D eigenvalue weighted by atomic mass is 15.1. The van der Waals surface area contributed by atoms with E-state index in [-0.39, 0.29) is 0 Å². The van der Waals surface area contributed by atoms with Crippen LogP contribution in [0.3, 0.4) is 0 Å². The van der Waals surface area contributed by atoms with Crippen molar-refractivity contribution in [1.29, 1.82) is 0 Å². The van der Waals surface area contributed by atoms with E-state index in [1.165, 1.54) is 18.5 Å². The molecular weight excluding hydrogens is 198 g/mol. The molecule has 1 rings (SSSR count). The number of hydrogen-bond acceptors (Lipinski definition) is 3. The molecule has 0 bridgehead atoms. The second-order valence-corrected chi connectivity index (χ2v) is 3.92. The van der Waals surface area contributed by atoms with Crippen LogP contribution in [0.25, 0.3) is 0 Å². The Morgan fingerprint density at radius 1 is 1.31 bits per heavy atom. The Hall–Kier alpha value is -0.930. The highest BCUT2D eigenvalue weighted by Crippen LogP contribution is 1.95. The quantitative estimate of drug-likeness (QED) is 0.680. The van der Waals surface area contributed by atoms with Gasteiger partial charge in [-0.1, -0.05) is 19.9 Å². The Morgan fingerprint density at radius 2 is 2.12 bits per heavy atom. The van der Waals surface area contributed by atoms with E-state index in [1.807, 2.05) is 18.5 Å². The third kappa shape index (κ3) is 5.24. The van der Waals surface area contributed by atoms with Gasteiger partial charge in [0.25, 0.3) is 0 Å². The number of aromatic nitrogens is 1. The molecule has 16 heavy (non-hydrogen) atoms. The molecule has 0 spiro atoms. The molecule has 0 atom stereocenters. The van der Waals surface area contributed by atoms with Crippen LogP contribution in [0.1, 0.15) is 25.8 Å². The Balaban J connectivity index is 2.04. The first-order valence-corrected chi connectivity index (χ1v) is 6.18. The maximum atomic E-state index is 4.09. The fraction of sp³-hybridized carbons (Fsp3) is 0.615. The van der Waals surface area contributed by atoms with Gasteiger partial charge in [0.05, 0.1) is 0 Å². The minimum Gasteiger partial charge on any atom is -0.313 e. The van der Waals surface area contributed by atoms with Crippen LogP contribution in [-0.4, -0.2) is 36.1 Å². The average molecular weight is 221 g/mol. The van der Waals surface area contributed by atoms with Gasteiger partial charge in [0.1, 0.15) is 0 Å². The van der Waals surface area contributed by atoms with E-state index in [0.717, 1.165) is 26.2 Å². The van der Waals surface area contributed by atoms with E-state index < -0.39 is 0 Å². The molecule has 0 amide bonds. The first-order chi connectivity index (χ1) is 7.86. The van der Waals surface area contributed by atoms with Gasteiger partial charge in [-0.05, 0) is 44.2 Å². The van der Waals surface area contributed by atoms with Crippen molar-refractivity contribution in [3.05, 3.63) is 30.1 Å². The maximum absolute atomic E-state index is 4.09. The van der Waals surface area contributed by atoms with E-state index in [4.69, 9.17) is 0 Å². The second kappa shape index (κ2) is 8.25. The van der Waals surface area contributed by atoms with Crippen LogP contribution in [0.15, 0.2) is 24.5 Å². The van der Waals surface area contributed by atoms with Crippen LogP contribution in [0.4, 0.5) is 0 Å². The predicted octanol–water partition coefficient (Wildman–Crippen LogP) is 1.90. The standard InChI is InChI=1S/C13H23N3/c1-3-16(4-2)10-6-9-15-12-13-7-5-8-14-11-13/h5,7-8,11,15H,3-4,6,9-10,12H2,1-2H3. The van der Waals surface area contributed by atoms with Crippen molar-refractivity contribution in [3.8, 4) is 0 Å². The van der Waals surface area contributed by atoms with Crippen molar-refractivity contribution in [3.63, 3.8) is 0 Å². The van der Waals surface area contributed by atoms with Crippen molar-refractivity contribution in [2.45, 2.75) is 26.8 Å². The molecule has 0 saturated carbocycles. The first-order valence-electron chi connectivity index (χ1n) is 6.18. The van der Waals surface area contributed by atoms with Gasteiger partial charge in [0.2, 0.25) is 0 Å². The largest absolute Gasteiger partial charge is 0.313 e. The number of hydrogen-bond donors (Lipinski definition) is 1. The summed E-state index contributed by atoms with van der Waals surface area (Å²) >= 11 is 0. The lowest BCUT2D eigenvalue weighted by Crippen LogP contribution is -2.27. The normalized spacial score (nSPS) is 10.9. The zero-order chi connectivity index (χ0) is 11.6. The molecule has 0 saturated heterocycles. The average Bonchev–Trinajstić information content (AvgIpc) is 2.35. The summed E-state index contributed by atoms with van der Waals surface area (Å²) in [6.45, 7) is 9.92. The van der Waals surface area contributed by atoms with E-state index in [0.29, 0.717) is 0 Å². The molecule has 0 fully saturated rings. The Kier molecular flexibility index (Phi) is 6.77. The molecule has 0 aliphatic rings. The summed E-state index contributed by atoms with van der Waals surface area (Å²) < 4.78 is 0. The van der Waals surface area contributed by atoms with Crippen LogP contribution in [0.5, 0.6) is 0 Å². The predicted molar refractivity (Wildman–Crippen MR) is 68.3 cm³/mol. The fourth-order valence-electron chi connectivity index (χ4n) is 1.70. The van der Waals surface area contributed by atoms with E-state index >= 15 is 0 Å². The third-order valence-corrected chi connectivity index (χ3v) is 2.77. The molecule has 1 heterocycles. The lowest BCUT2D eigenvalue weighted by Gasteiger charge is -2.17. The molecule has 0 unspecified atom stereocenters. The van der Waals surface area contributed by atoms with Crippen LogP contribution in [-0.2, 0) is 6.54 Å². The van der Waals surface area contributed by atoms with Crippen LogP contribution in [0.2, 0.25) is 0 Å². The third-order valence-electron chi connectivity index (χ3n) is 2.77. The first kappa shape index (κ1) is 13.1. The Morgan fingerprint density at radius 3 is 2.75 bits per heavy atom. The van der Waals surface area contributed by atoms with Gasteiger partial charge in [-0.3, -0.25) is 4.98 Å². The molecule has 3 nitrogen and oxygen atoms in total. The van der Waals surface area contributed by atoms with Gasteiger partial charge < -0.3 is 10.2 Å². The van der Waals surface area contributed by atoms with Gasteiger partial charge in [-0.2, -0.15) is 0 Å². The van der Waals surface area contributed by atoms with Crippen molar-refractivity contribution in [2.75, 3.05) is 26.2 Å². The molecule has 3 heteroatoms. The highest BCUT2D eigenvalue weighted by molar-refractivity contribution is 5.07. The molecule has 0 aliphatic carbocycles. The van der Waals surface area contributed by atoms with Crippen LogP contribution in [0, 0.1) is 0 Å². The minimum absolute atomic E-state index is 0.923. The molecule has 0 radical (unpaired) electrons. The van der Waals surface area contributed by atoms with Crippen molar-refractivity contribution >= 4 is 0 Å². The van der Waals surface area contributed by atoms with Gasteiger partial charge in [-0.25, -0.2) is 0 Å². The van der Waals surface area contributed by atoms with Gasteiger partial charge in [0, 0.05) is 18.9 Å². The van der Waals surface area contributed by atoms with Crippen LogP contribution < -0.4 is 5.32 Å². The van der Waals surface area contributed by atoms with E-state index in [9.17, 15) is 0 Å². The summed E-state index contributed by atoms with van der Waals surface area (Å²) in [5.74, 6) is 0.